The summed E-state index contributed by atoms with van der Waals surface area (Å²) in [5.41, 5.74) is 0. The molecular formula is C67H118O14. The largest absolute Gasteiger partial charge is 0.457 e. The first kappa shape index (κ1) is 74.5. The summed E-state index contributed by atoms with van der Waals surface area (Å²) in [6.07, 6.45) is 52.5. The molecule has 2 aliphatic heterocycles. The molecule has 0 saturated carbocycles. The average molecular weight is 1150 g/mol. The van der Waals surface area contributed by atoms with Crippen LogP contribution in [0.1, 0.15) is 245 Å². The Labute approximate surface area is 491 Å². The van der Waals surface area contributed by atoms with Gasteiger partial charge in [-0.2, -0.15) is 0 Å². The summed E-state index contributed by atoms with van der Waals surface area (Å²) >= 11 is 0. The van der Waals surface area contributed by atoms with Gasteiger partial charge in [0.25, 0.3) is 0 Å². The van der Waals surface area contributed by atoms with Gasteiger partial charge in [0.2, 0.25) is 0 Å². The molecule has 0 aliphatic carbocycles. The number of rotatable bonds is 53. The third-order valence-electron chi connectivity index (χ3n) is 15.2. The smallest absolute Gasteiger partial charge is 0.306 e. The van der Waals surface area contributed by atoms with E-state index in [4.69, 9.17) is 28.4 Å². The molecule has 0 aromatic heterocycles. The highest BCUT2D eigenvalue weighted by Gasteiger charge is 2.47. The van der Waals surface area contributed by atoms with Gasteiger partial charge >= 0.3 is 5.97 Å². The molecule has 2 fully saturated rings. The normalized spacial score (nSPS) is 24.2. The summed E-state index contributed by atoms with van der Waals surface area (Å²) in [6, 6.07) is 0. The number of aliphatic hydroxyl groups is 7. The third kappa shape index (κ3) is 38.9. The molecule has 470 valence electrons. The number of esters is 1. The fourth-order valence-electron chi connectivity index (χ4n) is 10.0. The van der Waals surface area contributed by atoms with Gasteiger partial charge in [-0.25, -0.2) is 0 Å². The fraction of sp³-hybridized carbons (Fsp3) is 0.806. The van der Waals surface area contributed by atoms with E-state index in [9.17, 15) is 40.5 Å². The summed E-state index contributed by atoms with van der Waals surface area (Å²) < 4.78 is 34.5. The van der Waals surface area contributed by atoms with Crippen LogP contribution >= 0.6 is 0 Å². The minimum absolute atomic E-state index is 0.0570. The van der Waals surface area contributed by atoms with Crippen LogP contribution in [-0.4, -0.2) is 142 Å². The lowest BCUT2D eigenvalue weighted by atomic mass is 9.98. The van der Waals surface area contributed by atoms with Crippen molar-refractivity contribution in [3.63, 3.8) is 0 Å². The lowest BCUT2D eigenvalue weighted by molar-refractivity contribution is -0.332. The first-order valence-electron chi connectivity index (χ1n) is 32.5. The predicted molar refractivity (Wildman–Crippen MR) is 325 cm³/mol. The summed E-state index contributed by atoms with van der Waals surface area (Å²) in [5, 5.41) is 72.5. The van der Waals surface area contributed by atoms with Crippen LogP contribution in [0, 0.1) is 0 Å². The predicted octanol–water partition coefficient (Wildman–Crippen LogP) is 13.0. The molecule has 14 heteroatoms. The molecule has 2 saturated heterocycles. The van der Waals surface area contributed by atoms with Crippen molar-refractivity contribution in [2.45, 2.75) is 313 Å². The van der Waals surface area contributed by atoms with Gasteiger partial charge in [-0.3, -0.25) is 4.79 Å². The molecule has 11 atom stereocenters. The Morgan fingerprint density at radius 3 is 1.26 bits per heavy atom. The minimum atomic E-state index is -1.71. The molecule has 0 aromatic rings. The fourth-order valence-corrected chi connectivity index (χ4v) is 10.0. The number of ether oxygens (including phenoxy) is 6. The molecule has 14 nitrogen and oxygen atoms in total. The Kier molecular flexibility index (Phi) is 48.7. The molecule has 81 heavy (non-hydrogen) atoms. The first-order valence-corrected chi connectivity index (χ1v) is 32.5. The summed E-state index contributed by atoms with van der Waals surface area (Å²) in [5.74, 6) is -0.380. The van der Waals surface area contributed by atoms with Gasteiger partial charge in [-0.05, 0) is 83.5 Å². The molecule has 11 unspecified atom stereocenters. The van der Waals surface area contributed by atoms with E-state index in [1.165, 1.54) is 141 Å². The van der Waals surface area contributed by atoms with E-state index in [0.29, 0.717) is 13.0 Å². The van der Waals surface area contributed by atoms with Crippen LogP contribution in [-0.2, 0) is 33.2 Å². The zero-order chi connectivity index (χ0) is 58.6. The summed E-state index contributed by atoms with van der Waals surface area (Å²) in [7, 11) is 0. The summed E-state index contributed by atoms with van der Waals surface area (Å²) in [4.78, 5) is 13.1. The Balaban J connectivity index is 1.67. The van der Waals surface area contributed by atoms with Gasteiger partial charge in [0.05, 0.1) is 26.4 Å². The lowest BCUT2D eigenvalue weighted by Crippen LogP contribution is -2.61. The Morgan fingerprint density at radius 1 is 0.420 bits per heavy atom. The van der Waals surface area contributed by atoms with Crippen molar-refractivity contribution in [1.82, 2.24) is 0 Å². The van der Waals surface area contributed by atoms with Crippen LogP contribution in [0.25, 0.3) is 0 Å². The van der Waals surface area contributed by atoms with Crippen molar-refractivity contribution in [1.29, 1.82) is 0 Å². The standard InChI is InChI=1S/C67H118O14/c1-3-5-7-9-11-13-15-17-19-21-23-25-27-29-31-33-35-37-39-41-43-45-47-49-51-76-53-56(54-77-66-65(75)63(73)61(71)58(81-66)55-78-67-64(74)62(72)60(70)57(52-68)80-67)79-59(69)50-48-46-44-42-40-38-36-34-32-30-28-26-24-22-20-18-16-14-12-10-8-6-4-2/h6,8,12,14-15,17-18,20-21,23-24,26,56-58,60-68,70-75H,3-5,7,9-11,13,16,19,22,25,27-55H2,1-2H3/b8-6-,14-12-,17-15-,20-18-,23-21-,26-24-. The van der Waals surface area contributed by atoms with Crippen molar-refractivity contribution < 1.29 is 69.0 Å². The Bertz CT molecular complexity index is 1610. The molecule has 0 amide bonds. The SMILES string of the molecule is CC/C=C\C/C=C\C/C=C\C/C=C\CCCCCCCCCCCCC(=O)OC(COCCCCCCCCCCCCCC/C=C\C/C=C\CCCCCCC)COC1OC(COC2OC(CO)C(O)C(O)C2O)C(O)C(O)C1O. The maximum atomic E-state index is 13.1. The van der Waals surface area contributed by atoms with E-state index in [2.05, 4.69) is 86.8 Å². The Hall–Kier alpha value is -2.57. The first-order chi connectivity index (χ1) is 39.6. The van der Waals surface area contributed by atoms with Crippen molar-refractivity contribution >= 4 is 5.97 Å². The van der Waals surface area contributed by atoms with Crippen molar-refractivity contribution in [3.8, 4) is 0 Å². The average Bonchev–Trinajstić information content (AvgIpc) is 3.46. The topological polar surface area (TPSA) is 214 Å². The van der Waals surface area contributed by atoms with Gasteiger partial charge in [0, 0.05) is 13.0 Å². The number of unbranched alkanes of at least 4 members (excludes halogenated alkanes) is 27. The van der Waals surface area contributed by atoms with E-state index in [1.54, 1.807) is 0 Å². The molecule has 0 aromatic carbocycles. The highest BCUT2D eigenvalue weighted by Crippen LogP contribution is 2.27. The monoisotopic (exact) mass is 1150 g/mol. The minimum Gasteiger partial charge on any atom is -0.457 e. The number of hydrogen-bond donors (Lipinski definition) is 7. The van der Waals surface area contributed by atoms with Crippen LogP contribution in [0.5, 0.6) is 0 Å². The lowest BCUT2D eigenvalue weighted by Gasteiger charge is -2.42. The third-order valence-corrected chi connectivity index (χ3v) is 15.2. The second-order valence-corrected chi connectivity index (χ2v) is 22.6. The highest BCUT2D eigenvalue weighted by molar-refractivity contribution is 5.69. The highest BCUT2D eigenvalue weighted by atomic mass is 16.7. The molecule has 0 bridgehead atoms. The quantitative estimate of drug-likeness (QED) is 0.0172. The van der Waals surface area contributed by atoms with E-state index >= 15 is 0 Å². The Morgan fingerprint density at radius 2 is 0.802 bits per heavy atom. The number of carbonyl (C=O) groups excluding carboxylic acids is 1. The van der Waals surface area contributed by atoms with E-state index in [1.807, 2.05) is 0 Å². The van der Waals surface area contributed by atoms with Crippen molar-refractivity contribution in [2.75, 3.05) is 33.0 Å². The van der Waals surface area contributed by atoms with Crippen LogP contribution in [0.4, 0.5) is 0 Å². The molecule has 7 N–H and O–H groups in total. The molecule has 2 rings (SSSR count). The maximum Gasteiger partial charge on any atom is 0.306 e. The van der Waals surface area contributed by atoms with Crippen LogP contribution in [0.15, 0.2) is 72.9 Å². The molecular weight excluding hydrogens is 1030 g/mol. The summed E-state index contributed by atoms with van der Waals surface area (Å²) in [6.45, 7) is 3.59. The number of allylic oxidation sites excluding steroid dienone is 12. The van der Waals surface area contributed by atoms with Crippen molar-refractivity contribution in [2.24, 2.45) is 0 Å². The van der Waals surface area contributed by atoms with Gasteiger partial charge in [-0.15, -0.1) is 0 Å². The number of hydrogen-bond acceptors (Lipinski definition) is 14. The zero-order valence-corrected chi connectivity index (χ0v) is 50.8. The molecule has 2 heterocycles. The van der Waals surface area contributed by atoms with E-state index in [-0.39, 0.29) is 25.6 Å². The second-order valence-electron chi connectivity index (χ2n) is 22.6. The van der Waals surface area contributed by atoms with E-state index in [0.717, 1.165) is 77.0 Å². The van der Waals surface area contributed by atoms with Gasteiger partial charge < -0.3 is 64.2 Å². The van der Waals surface area contributed by atoms with Gasteiger partial charge in [0.1, 0.15) is 54.9 Å². The number of carbonyl (C=O) groups is 1. The number of aliphatic hydroxyl groups excluding tert-OH is 7. The molecule has 0 radical (unpaired) electrons. The molecule has 0 spiro atoms. The second kappa shape index (κ2) is 52.9. The zero-order valence-electron chi connectivity index (χ0n) is 50.8. The van der Waals surface area contributed by atoms with Crippen molar-refractivity contribution in [3.05, 3.63) is 72.9 Å². The van der Waals surface area contributed by atoms with Gasteiger partial charge in [-0.1, -0.05) is 228 Å². The van der Waals surface area contributed by atoms with E-state index < -0.39 is 80.7 Å². The van der Waals surface area contributed by atoms with Gasteiger partial charge in [0.15, 0.2) is 12.6 Å². The van der Waals surface area contributed by atoms with Crippen LogP contribution in [0.3, 0.4) is 0 Å². The van der Waals surface area contributed by atoms with Crippen LogP contribution in [0.2, 0.25) is 0 Å². The van der Waals surface area contributed by atoms with Crippen LogP contribution < -0.4 is 0 Å². The maximum absolute atomic E-state index is 13.1. The molecule has 2 aliphatic rings.